The lowest BCUT2D eigenvalue weighted by atomic mass is 10.3. The smallest absolute Gasteiger partial charge is 0.428 e. The van der Waals surface area contributed by atoms with Crippen LogP contribution in [0.25, 0.3) is 0 Å². The Morgan fingerprint density at radius 3 is 2.47 bits per heavy atom. The van der Waals surface area contributed by atoms with Gasteiger partial charge in [-0.05, 0) is 6.08 Å². The molecule has 1 fully saturated rings. The molecule has 4 nitrogen and oxygen atoms in total. The van der Waals surface area contributed by atoms with E-state index >= 15 is 0 Å². The van der Waals surface area contributed by atoms with Crippen molar-refractivity contribution < 1.29 is 41.0 Å². The Bertz CT molecular complexity index is 312. The fourth-order valence-corrected chi connectivity index (χ4v) is 0.847. The number of alkyl halides is 5. The number of cyclic esters (lactones) is 2. The van der Waals surface area contributed by atoms with Crippen molar-refractivity contribution in [3.63, 3.8) is 0 Å². The van der Waals surface area contributed by atoms with E-state index in [1.165, 1.54) is 0 Å². The summed E-state index contributed by atoms with van der Waals surface area (Å²) in [6.07, 6.45) is -7.57. The lowest BCUT2D eigenvalue weighted by Crippen LogP contribution is -2.34. The highest BCUT2D eigenvalue weighted by molar-refractivity contribution is 5.61. The summed E-state index contributed by atoms with van der Waals surface area (Å²) in [5.41, 5.74) is 0. The van der Waals surface area contributed by atoms with E-state index < -0.39 is 31.2 Å². The normalized spacial score (nSPS) is 21.7. The predicted octanol–water partition coefficient (Wildman–Crippen LogP) is 2.25. The first-order valence-electron chi connectivity index (χ1n) is 4.29. The minimum atomic E-state index is -5.65. The summed E-state index contributed by atoms with van der Waals surface area (Å²) in [5.74, 6) is -4.92. The highest BCUT2D eigenvalue weighted by Gasteiger charge is 2.55. The van der Waals surface area contributed by atoms with Gasteiger partial charge in [0.25, 0.3) is 0 Å². The van der Waals surface area contributed by atoms with Gasteiger partial charge in [-0.3, -0.25) is 0 Å². The second-order valence-corrected chi connectivity index (χ2v) is 2.96. The van der Waals surface area contributed by atoms with Crippen LogP contribution in [0.15, 0.2) is 12.2 Å². The van der Waals surface area contributed by atoms with E-state index in [0.29, 0.717) is 6.08 Å². The molecule has 1 atom stereocenters. The standard InChI is InChI=1S/C8H7F5O4/c9-7(10,8(11,12)13)2-1-3-15-5-4-16-6(14)17-5/h1-2,5H,3-4H2/b2-1+. The van der Waals surface area contributed by atoms with E-state index in [9.17, 15) is 26.7 Å². The molecule has 0 aromatic heterocycles. The Balaban J connectivity index is 2.33. The molecule has 0 bridgehead atoms. The van der Waals surface area contributed by atoms with Gasteiger partial charge in [-0.15, -0.1) is 0 Å². The van der Waals surface area contributed by atoms with Crippen LogP contribution in [0.2, 0.25) is 0 Å². The molecule has 0 N–H and O–H groups in total. The van der Waals surface area contributed by atoms with Crippen LogP contribution >= 0.6 is 0 Å². The zero-order valence-electron chi connectivity index (χ0n) is 8.17. The molecule has 0 radical (unpaired) electrons. The monoisotopic (exact) mass is 262 g/mol. The molecule has 1 rings (SSSR count). The Labute approximate surface area is 91.9 Å². The zero-order valence-corrected chi connectivity index (χ0v) is 8.17. The number of ether oxygens (including phenoxy) is 3. The van der Waals surface area contributed by atoms with Gasteiger partial charge in [-0.2, -0.15) is 22.0 Å². The van der Waals surface area contributed by atoms with Crippen LogP contribution in [0.3, 0.4) is 0 Å². The lowest BCUT2D eigenvalue weighted by Gasteiger charge is -2.15. The van der Waals surface area contributed by atoms with Gasteiger partial charge in [0.2, 0.25) is 6.29 Å². The van der Waals surface area contributed by atoms with Crippen molar-refractivity contribution in [2.75, 3.05) is 13.2 Å². The third-order valence-corrected chi connectivity index (χ3v) is 1.65. The van der Waals surface area contributed by atoms with Crippen molar-refractivity contribution >= 4 is 6.16 Å². The SMILES string of the molecule is O=C1OCC(OC/C=C/C(F)(F)C(F)(F)F)O1. The van der Waals surface area contributed by atoms with Crippen molar-refractivity contribution in [3.8, 4) is 0 Å². The van der Waals surface area contributed by atoms with Crippen LogP contribution in [0, 0.1) is 0 Å². The van der Waals surface area contributed by atoms with E-state index in [-0.39, 0.29) is 12.7 Å². The molecule has 17 heavy (non-hydrogen) atoms. The topological polar surface area (TPSA) is 44.8 Å². The van der Waals surface area contributed by atoms with Crippen LogP contribution in [0.1, 0.15) is 0 Å². The summed E-state index contributed by atoms with van der Waals surface area (Å²) < 4.78 is 72.9. The summed E-state index contributed by atoms with van der Waals surface area (Å²) in [6, 6.07) is 0. The molecule has 0 spiro atoms. The summed E-state index contributed by atoms with van der Waals surface area (Å²) in [5, 5.41) is 0. The number of rotatable bonds is 4. The average molecular weight is 262 g/mol. The summed E-state index contributed by atoms with van der Waals surface area (Å²) in [6.45, 7) is -0.796. The van der Waals surface area contributed by atoms with Crippen LogP contribution in [-0.2, 0) is 14.2 Å². The van der Waals surface area contributed by atoms with Gasteiger partial charge in [0.15, 0.2) is 6.61 Å². The highest BCUT2D eigenvalue weighted by atomic mass is 19.4. The molecule has 0 aromatic rings. The maximum Gasteiger partial charge on any atom is 0.510 e. The molecule has 1 aliphatic rings. The number of halogens is 5. The summed E-state index contributed by atoms with van der Waals surface area (Å²) in [7, 11) is 0. The van der Waals surface area contributed by atoms with Gasteiger partial charge in [-0.25, -0.2) is 4.79 Å². The maximum atomic E-state index is 12.3. The highest BCUT2D eigenvalue weighted by Crippen LogP contribution is 2.36. The molecule has 1 saturated heterocycles. The van der Waals surface area contributed by atoms with Crippen molar-refractivity contribution in [3.05, 3.63) is 12.2 Å². The fraction of sp³-hybridized carbons (Fsp3) is 0.625. The van der Waals surface area contributed by atoms with Crippen LogP contribution in [-0.4, -0.2) is 37.8 Å². The van der Waals surface area contributed by atoms with Gasteiger partial charge < -0.3 is 14.2 Å². The summed E-state index contributed by atoms with van der Waals surface area (Å²) >= 11 is 0. The minimum Gasteiger partial charge on any atom is -0.428 e. The quantitative estimate of drug-likeness (QED) is 0.443. The first-order chi connectivity index (χ1) is 7.72. The van der Waals surface area contributed by atoms with Crippen LogP contribution in [0.5, 0.6) is 0 Å². The third-order valence-electron chi connectivity index (χ3n) is 1.65. The molecule has 0 saturated carbocycles. The van der Waals surface area contributed by atoms with Gasteiger partial charge >= 0.3 is 18.3 Å². The van der Waals surface area contributed by atoms with E-state index in [0.717, 1.165) is 0 Å². The molecule has 1 aliphatic heterocycles. The van der Waals surface area contributed by atoms with Gasteiger partial charge in [-0.1, -0.05) is 6.08 Å². The van der Waals surface area contributed by atoms with Crippen molar-refractivity contribution in [1.82, 2.24) is 0 Å². The van der Waals surface area contributed by atoms with E-state index in [1.54, 1.807) is 0 Å². The maximum absolute atomic E-state index is 12.3. The van der Waals surface area contributed by atoms with E-state index in [2.05, 4.69) is 14.2 Å². The Hall–Kier alpha value is -1.38. The molecular weight excluding hydrogens is 255 g/mol. The molecular formula is C8H7F5O4. The molecule has 1 unspecified atom stereocenters. The molecule has 1 heterocycles. The third kappa shape index (κ3) is 3.84. The lowest BCUT2D eigenvalue weighted by molar-refractivity contribution is -0.259. The fourth-order valence-electron chi connectivity index (χ4n) is 0.847. The van der Waals surface area contributed by atoms with Crippen molar-refractivity contribution in [2.45, 2.75) is 18.4 Å². The van der Waals surface area contributed by atoms with E-state index in [4.69, 9.17) is 0 Å². The number of allylic oxidation sites excluding steroid dienone is 1. The minimum absolute atomic E-state index is 0.234. The first kappa shape index (κ1) is 13.7. The molecule has 0 amide bonds. The van der Waals surface area contributed by atoms with Crippen molar-refractivity contribution in [1.29, 1.82) is 0 Å². The molecule has 0 aromatic carbocycles. The first-order valence-corrected chi connectivity index (χ1v) is 4.29. The Morgan fingerprint density at radius 1 is 1.35 bits per heavy atom. The number of hydrogen-bond donors (Lipinski definition) is 0. The average Bonchev–Trinajstić information content (AvgIpc) is 2.57. The van der Waals surface area contributed by atoms with Gasteiger partial charge in [0.05, 0.1) is 6.61 Å². The number of carbonyl (C=O) groups is 1. The number of carbonyl (C=O) groups excluding carboxylic acids is 1. The van der Waals surface area contributed by atoms with E-state index in [1.807, 2.05) is 0 Å². The molecule has 98 valence electrons. The van der Waals surface area contributed by atoms with Crippen molar-refractivity contribution in [2.24, 2.45) is 0 Å². The van der Waals surface area contributed by atoms with Gasteiger partial charge in [0.1, 0.15) is 0 Å². The predicted molar refractivity (Wildman–Crippen MR) is 42.3 cm³/mol. The second-order valence-electron chi connectivity index (χ2n) is 2.96. The van der Waals surface area contributed by atoms with Crippen LogP contribution < -0.4 is 0 Å². The summed E-state index contributed by atoms with van der Waals surface area (Å²) in [4.78, 5) is 10.4. The molecule has 9 heteroatoms. The number of hydrogen-bond acceptors (Lipinski definition) is 4. The van der Waals surface area contributed by atoms with Gasteiger partial charge in [0, 0.05) is 0 Å². The zero-order chi connectivity index (χ0) is 13.1. The largest absolute Gasteiger partial charge is 0.510 e. The molecule has 0 aliphatic carbocycles. The Kier molecular flexibility index (Phi) is 3.91. The Morgan fingerprint density at radius 2 is 2.00 bits per heavy atom. The second kappa shape index (κ2) is 4.86. The van der Waals surface area contributed by atoms with Crippen LogP contribution in [0.4, 0.5) is 26.7 Å².